The van der Waals surface area contributed by atoms with Gasteiger partial charge in [0.05, 0.1) is 17.1 Å². The smallest absolute Gasteiger partial charge is 0.331 e. The van der Waals surface area contributed by atoms with Crippen LogP contribution < -0.4 is 14.6 Å². The van der Waals surface area contributed by atoms with Crippen molar-refractivity contribution in [2.75, 3.05) is 4.90 Å². The lowest BCUT2D eigenvalue weighted by molar-refractivity contribution is -0.577. The molecule has 0 radical (unpaired) electrons. The summed E-state index contributed by atoms with van der Waals surface area (Å²) in [6.07, 6.45) is 4.63. The lowest BCUT2D eigenvalue weighted by Gasteiger charge is -2.16. The second kappa shape index (κ2) is 9.67. The molecule has 7 nitrogen and oxygen atoms in total. The van der Waals surface area contributed by atoms with Crippen LogP contribution in [0.25, 0.3) is 17.0 Å². The Hall–Kier alpha value is -4.23. The van der Waals surface area contributed by atoms with Gasteiger partial charge in [0.2, 0.25) is 0 Å². The number of anilines is 1. The Bertz CT molecular complexity index is 1590. The van der Waals surface area contributed by atoms with E-state index in [2.05, 4.69) is 5.10 Å². The van der Waals surface area contributed by atoms with Crippen LogP contribution in [0, 0.1) is 13.8 Å². The van der Waals surface area contributed by atoms with Crippen LogP contribution in [0.5, 0.6) is 5.88 Å². The molecule has 2 amide bonds. The maximum atomic E-state index is 14.0. The summed E-state index contributed by atoms with van der Waals surface area (Å²) < 4.78 is 2.87. The predicted octanol–water partition coefficient (Wildman–Crippen LogP) is 4.40. The average Bonchev–Trinajstić information content (AvgIpc) is 3.31. The van der Waals surface area contributed by atoms with Crippen molar-refractivity contribution in [3.8, 4) is 11.6 Å². The molecule has 0 unspecified atom stereocenters. The molecule has 8 heteroatoms. The van der Waals surface area contributed by atoms with Gasteiger partial charge >= 0.3 is 5.91 Å². The summed E-state index contributed by atoms with van der Waals surface area (Å²) in [6.45, 7) is 5.76. The Morgan fingerprint density at radius 2 is 1.68 bits per heavy atom. The van der Waals surface area contributed by atoms with Crippen LogP contribution in [0.15, 0.2) is 73.1 Å². The molecule has 0 spiro atoms. The third-order valence-electron chi connectivity index (χ3n) is 6.23. The van der Waals surface area contributed by atoms with Crippen LogP contribution in [-0.4, -0.2) is 21.6 Å². The zero-order chi connectivity index (χ0) is 26.3. The predicted molar refractivity (Wildman–Crippen MR) is 140 cm³/mol. The minimum absolute atomic E-state index is 0.0452. The van der Waals surface area contributed by atoms with Crippen molar-refractivity contribution < 1.29 is 19.3 Å². The van der Waals surface area contributed by atoms with E-state index in [9.17, 15) is 14.7 Å². The van der Waals surface area contributed by atoms with E-state index in [1.54, 1.807) is 65.5 Å². The molecular weight excluding hydrogens is 488 g/mol. The first kappa shape index (κ1) is 24.5. The maximum Gasteiger partial charge on any atom is 0.331 e. The van der Waals surface area contributed by atoms with Crippen molar-refractivity contribution in [3.63, 3.8) is 0 Å². The Labute approximate surface area is 219 Å². The third-order valence-corrected chi connectivity index (χ3v) is 6.47. The first-order chi connectivity index (χ1) is 17.8. The lowest BCUT2D eigenvalue weighted by Crippen LogP contribution is -2.39. The van der Waals surface area contributed by atoms with Crippen molar-refractivity contribution in [2.45, 2.75) is 33.6 Å². The van der Waals surface area contributed by atoms with Crippen LogP contribution in [-0.2, 0) is 16.0 Å². The monoisotopic (exact) mass is 512 g/mol. The Balaban J connectivity index is 1.79. The van der Waals surface area contributed by atoms with Gasteiger partial charge in [-0.05, 0) is 68.1 Å². The van der Waals surface area contributed by atoms with E-state index in [0.29, 0.717) is 34.9 Å². The van der Waals surface area contributed by atoms with Gasteiger partial charge in [-0.3, -0.25) is 9.59 Å². The molecule has 0 atom stereocenters. The lowest BCUT2D eigenvalue weighted by atomic mass is 10.0. The summed E-state index contributed by atoms with van der Waals surface area (Å²) in [5.41, 5.74) is 3.50. The first-order valence-corrected chi connectivity index (χ1v) is 12.4. The van der Waals surface area contributed by atoms with E-state index in [-0.39, 0.29) is 16.8 Å². The summed E-state index contributed by atoms with van der Waals surface area (Å²) in [5.74, 6) is -1.53. The number of nitrogens with zero attached hydrogens (tertiary/aromatic N) is 4. The zero-order valence-electron chi connectivity index (χ0n) is 20.7. The topological polar surface area (TPSA) is 82.1 Å². The molecule has 0 saturated heterocycles. The highest BCUT2D eigenvalue weighted by atomic mass is 35.5. The van der Waals surface area contributed by atoms with E-state index < -0.39 is 17.7 Å². The fourth-order valence-corrected chi connectivity index (χ4v) is 4.79. The van der Waals surface area contributed by atoms with E-state index in [4.69, 9.17) is 11.6 Å². The van der Waals surface area contributed by atoms with Gasteiger partial charge in [0, 0.05) is 22.2 Å². The highest BCUT2D eigenvalue weighted by Crippen LogP contribution is 2.39. The number of carbonyl (C=O) groups excluding carboxylic acids is 2. The highest BCUT2D eigenvalue weighted by Gasteiger charge is 2.47. The summed E-state index contributed by atoms with van der Waals surface area (Å²) in [5, 5.41) is 18.9. The fraction of sp³-hybridized carbons (Fsp3) is 0.172. The van der Waals surface area contributed by atoms with Crippen LogP contribution in [0.4, 0.5) is 5.69 Å². The molecule has 2 aromatic carbocycles. The Morgan fingerprint density at radius 3 is 2.38 bits per heavy atom. The molecule has 0 aliphatic carbocycles. The summed E-state index contributed by atoms with van der Waals surface area (Å²) >= 11 is 6.18. The number of pyridine rings is 1. The normalized spacial score (nSPS) is 13.7. The van der Waals surface area contributed by atoms with Crippen LogP contribution in [0.3, 0.4) is 0 Å². The third kappa shape index (κ3) is 4.32. The number of benzene rings is 2. The second-order valence-corrected chi connectivity index (χ2v) is 9.50. The van der Waals surface area contributed by atoms with Crippen LogP contribution in [0.1, 0.15) is 35.7 Å². The van der Waals surface area contributed by atoms with Gasteiger partial charge in [0.15, 0.2) is 12.4 Å². The number of aryl methyl sites for hydroxylation is 3. The standard InChI is InChI=1S/C29H25ClN4O3/c1-4-8-23-24(28(36)34(31-23)22-13-6-11-20(30)16-22)25-26(32-14-7-10-19(3)17-32)29(37)33(27(25)35)21-12-5-9-18(2)15-21/h5-7,9-17H,4,8H2,1-3H3. The largest absolute Gasteiger partial charge is 0.858 e. The number of hydrogen-bond acceptors (Lipinski definition) is 4. The zero-order valence-corrected chi connectivity index (χ0v) is 21.5. The number of rotatable bonds is 6. The number of hydrogen-bond donors (Lipinski definition) is 0. The molecule has 0 bridgehead atoms. The van der Waals surface area contributed by atoms with Gasteiger partial charge in [-0.1, -0.05) is 43.1 Å². The van der Waals surface area contributed by atoms with Crippen molar-refractivity contribution in [3.05, 3.63) is 100 Å². The van der Waals surface area contributed by atoms with Gasteiger partial charge in [-0.15, -0.1) is 0 Å². The van der Waals surface area contributed by atoms with Gasteiger partial charge in [-0.2, -0.15) is 9.67 Å². The van der Waals surface area contributed by atoms with Crippen molar-refractivity contribution >= 4 is 40.4 Å². The van der Waals surface area contributed by atoms with E-state index >= 15 is 0 Å². The summed E-state index contributed by atoms with van der Waals surface area (Å²) in [4.78, 5) is 29.1. The van der Waals surface area contributed by atoms with Gasteiger partial charge in [0.25, 0.3) is 11.6 Å². The van der Waals surface area contributed by atoms with Crippen molar-refractivity contribution in [2.24, 2.45) is 0 Å². The number of aromatic nitrogens is 3. The number of halogens is 1. The van der Waals surface area contributed by atoms with E-state index in [0.717, 1.165) is 16.0 Å². The van der Waals surface area contributed by atoms with Gasteiger partial charge in [0.1, 0.15) is 5.57 Å². The number of imide groups is 1. The summed E-state index contributed by atoms with van der Waals surface area (Å²) in [6, 6.07) is 17.7. The molecule has 2 aromatic heterocycles. The second-order valence-electron chi connectivity index (χ2n) is 9.07. The first-order valence-electron chi connectivity index (χ1n) is 12.0. The maximum absolute atomic E-state index is 14.0. The molecular formula is C29H25ClN4O3. The van der Waals surface area contributed by atoms with Crippen molar-refractivity contribution in [1.82, 2.24) is 9.78 Å². The molecule has 1 aliphatic heterocycles. The molecule has 186 valence electrons. The minimum Gasteiger partial charge on any atom is -0.858 e. The molecule has 0 saturated carbocycles. The SMILES string of the molecule is CCCc1nn(-c2cccc(Cl)c2)c([O-])c1C1=C([n+]2cccc(C)c2)C(=O)N(c2cccc(C)c2)C1=O. The molecule has 1 aliphatic rings. The Morgan fingerprint density at radius 1 is 0.946 bits per heavy atom. The molecule has 0 N–H and O–H groups in total. The fourth-order valence-electron chi connectivity index (χ4n) is 4.61. The van der Waals surface area contributed by atoms with E-state index in [1.165, 1.54) is 4.68 Å². The Kier molecular flexibility index (Phi) is 6.39. The number of carbonyl (C=O) groups is 2. The molecule has 37 heavy (non-hydrogen) atoms. The van der Waals surface area contributed by atoms with Gasteiger partial charge in [-0.25, -0.2) is 9.58 Å². The van der Waals surface area contributed by atoms with Crippen LogP contribution >= 0.6 is 11.6 Å². The quantitative estimate of drug-likeness (QED) is 0.283. The average molecular weight is 513 g/mol. The molecule has 0 fully saturated rings. The van der Waals surface area contributed by atoms with Gasteiger partial charge < -0.3 is 5.11 Å². The molecule has 3 heterocycles. The number of amides is 2. The molecule has 4 aromatic rings. The van der Waals surface area contributed by atoms with E-state index in [1.807, 2.05) is 32.9 Å². The minimum atomic E-state index is -0.556. The van der Waals surface area contributed by atoms with Crippen molar-refractivity contribution in [1.29, 1.82) is 0 Å². The molecule has 5 rings (SSSR count). The summed E-state index contributed by atoms with van der Waals surface area (Å²) in [7, 11) is 0. The highest BCUT2D eigenvalue weighted by molar-refractivity contribution is 6.53. The van der Waals surface area contributed by atoms with Crippen LogP contribution in [0.2, 0.25) is 5.02 Å².